The number of carbonyl (C=O) groups excluding carboxylic acids is 1. The van der Waals surface area contributed by atoms with Crippen molar-refractivity contribution >= 4 is 27.3 Å². The first-order valence-corrected chi connectivity index (χ1v) is 11.6. The van der Waals surface area contributed by atoms with Gasteiger partial charge < -0.3 is 4.90 Å². The third-order valence-corrected chi connectivity index (χ3v) is 7.14. The minimum atomic E-state index is -3.10. The molecule has 2 aromatic rings. The molecule has 0 aliphatic carbocycles. The van der Waals surface area contributed by atoms with Gasteiger partial charge in [0.2, 0.25) is 0 Å². The second-order valence-electron chi connectivity index (χ2n) is 8.45. The van der Waals surface area contributed by atoms with E-state index in [-0.39, 0.29) is 28.9 Å². The highest BCUT2D eigenvalue weighted by molar-refractivity contribution is 7.91. The largest absolute Gasteiger partial charge is 0.330 e. The summed E-state index contributed by atoms with van der Waals surface area (Å²) in [6.07, 6.45) is 0.467. The standard InChI is InChI=1S/C22H26ClNO3S/c1-22(2,3)18-9-7-16(8-10-18)14-24(20-11-12-28(26,27)15-20)21(25)17-5-4-6-19(23)13-17/h4-10,13,20H,11-12,14-15H2,1-3H3/t20-/m1/s1. The third-order valence-electron chi connectivity index (χ3n) is 5.15. The monoisotopic (exact) mass is 419 g/mol. The average Bonchev–Trinajstić information content (AvgIpc) is 2.98. The van der Waals surface area contributed by atoms with Crippen molar-refractivity contribution < 1.29 is 13.2 Å². The molecule has 1 aliphatic heterocycles. The van der Waals surface area contributed by atoms with Crippen LogP contribution in [0.3, 0.4) is 0 Å². The van der Waals surface area contributed by atoms with E-state index >= 15 is 0 Å². The van der Waals surface area contributed by atoms with Crippen LogP contribution in [0.2, 0.25) is 5.02 Å². The van der Waals surface area contributed by atoms with Gasteiger partial charge in [-0.1, -0.05) is 62.7 Å². The number of nitrogens with zero attached hydrogens (tertiary/aromatic N) is 1. The van der Waals surface area contributed by atoms with Crippen LogP contribution in [0.4, 0.5) is 0 Å². The Hall–Kier alpha value is -1.85. The maximum atomic E-state index is 13.2. The molecule has 1 atom stereocenters. The first-order valence-electron chi connectivity index (χ1n) is 9.41. The van der Waals surface area contributed by atoms with Crippen molar-refractivity contribution in [3.8, 4) is 0 Å². The van der Waals surface area contributed by atoms with Crippen LogP contribution in [-0.4, -0.2) is 36.8 Å². The summed E-state index contributed by atoms with van der Waals surface area (Å²) in [7, 11) is -3.10. The lowest BCUT2D eigenvalue weighted by atomic mass is 9.86. The molecular formula is C22H26ClNO3S. The molecule has 3 rings (SSSR count). The first-order chi connectivity index (χ1) is 13.0. The fourth-order valence-corrected chi connectivity index (χ4v) is 5.40. The summed E-state index contributed by atoms with van der Waals surface area (Å²) in [4.78, 5) is 14.9. The van der Waals surface area contributed by atoms with Crippen LogP contribution in [0.25, 0.3) is 0 Å². The van der Waals surface area contributed by atoms with Gasteiger partial charge in [0.15, 0.2) is 9.84 Å². The molecule has 28 heavy (non-hydrogen) atoms. The van der Waals surface area contributed by atoms with Gasteiger partial charge >= 0.3 is 0 Å². The van der Waals surface area contributed by atoms with Crippen molar-refractivity contribution in [2.45, 2.75) is 45.2 Å². The van der Waals surface area contributed by atoms with Crippen molar-refractivity contribution in [1.82, 2.24) is 4.90 Å². The number of halogens is 1. The zero-order valence-corrected chi connectivity index (χ0v) is 18.1. The fraction of sp³-hybridized carbons (Fsp3) is 0.409. The molecule has 0 bridgehead atoms. The highest BCUT2D eigenvalue weighted by Crippen LogP contribution is 2.26. The van der Waals surface area contributed by atoms with Crippen molar-refractivity contribution in [2.24, 2.45) is 0 Å². The Labute approximate surface area is 172 Å². The Balaban J connectivity index is 1.89. The quantitative estimate of drug-likeness (QED) is 0.734. The SMILES string of the molecule is CC(C)(C)c1ccc(CN(C(=O)c2cccc(Cl)c2)[C@@H]2CCS(=O)(=O)C2)cc1. The summed E-state index contributed by atoms with van der Waals surface area (Å²) in [5.74, 6) is -0.0521. The van der Waals surface area contributed by atoms with E-state index in [0.717, 1.165) is 5.56 Å². The van der Waals surface area contributed by atoms with Crippen LogP contribution in [-0.2, 0) is 21.8 Å². The molecule has 1 saturated heterocycles. The second kappa shape index (κ2) is 7.88. The van der Waals surface area contributed by atoms with Gasteiger partial charge in [0.25, 0.3) is 5.91 Å². The lowest BCUT2D eigenvalue weighted by Crippen LogP contribution is -2.40. The number of hydrogen-bond acceptors (Lipinski definition) is 3. The van der Waals surface area contributed by atoms with Gasteiger partial charge in [0.05, 0.1) is 11.5 Å². The highest BCUT2D eigenvalue weighted by atomic mass is 35.5. The Morgan fingerprint density at radius 3 is 2.36 bits per heavy atom. The van der Waals surface area contributed by atoms with Crippen molar-refractivity contribution in [2.75, 3.05) is 11.5 Å². The average molecular weight is 420 g/mol. The maximum Gasteiger partial charge on any atom is 0.254 e. The van der Waals surface area contributed by atoms with Crippen LogP contribution in [0.5, 0.6) is 0 Å². The molecule has 0 unspecified atom stereocenters. The van der Waals surface area contributed by atoms with Crippen molar-refractivity contribution in [3.63, 3.8) is 0 Å². The molecule has 2 aromatic carbocycles. The number of amides is 1. The van der Waals surface area contributed by atoms with E-state index in [1.807, 2.05) is 12.1 Å². The Kier molecular flexibility index (Phi) is 5.87. The summed E-state index contributed by atoms with van der Waals surface area (Å²) in [5, 5.41) is 0.486. The molecule has 4 nitrogen and oxygen atoms in total. The lowest BCUT2D eigenvalue weighted by Gasteiger charge is -2.29. The predicted octanol–water partition coefficient (Wildman–Crippen LogP) is 4.47. The van der Waals surface area contributed by atoms with Gasteiger partial charge in [-0.05, 0) is 41.2 Å². The van der Waals surface area contributed by atoms with E-state index in [1.54, 1.807) is 29.2 Å². The van der Waals surface area contributed by atoms with Crippen molar-refractivity contribution in [1.29, 1.82) is 0 Å². The molecule has 1 amide bonds. The number of hydrogen-bond donors (Lipinski definition) is 0. The molecule has 1 heterocycles. The van der Waals surface area contributed by atoms with Gasteiger partial charge in [-0.15, -0.1) is 0 Å². The summed E-state index contributed by atoms with van der Waals surface area (Å²) in [6.45, 7) is 6.83. The topological polar surface area (TPSA) is 54.5 Å². The highest BCUT2D eigenvalue weighted by Gasteiger charge is 2.35. The van der Waals surface area contributed by atoms with Gasteiger partial charge in [0, 0.05) is 23.2 Å². The van der Waals surface area contributed by atoms with Crippen molar-refractivity contribution in [3.05, 3.63) is 70.2 Å². The molecule has 1 aliphatic rings. The van der Waals surface area contributed by atoms with E-state index < -0.39 is 9.84 Å². The fourth-order valence-electron chi connectivity index (χ4n) is 3.48. The summed E-state index contributed by atoms with van der Waals surface area (Å²) >= 11 is 6.05. The minimum Gasteiger partial charge on any atom is -0.330 e. The molecule has 150 valence electrons. The summed E-state index contributed by atoms with van der Waals surface area (Å²) < 4.78 is 24.0. The smallest absolute Gasteiger partial charge is 0.254 e. The Morgan fingerprint density at radius 1 is 1.14 bits per heavy atom. The van der Waals surface area contributed by atoms with Gasteiger partial charge in [-0.25, -0.2) is 8.42 Å². The van der Waals surface area contributed by atoms with E-state index in [1.165, 1.54) is 5.56 Å². The Morgan fingerprint density at radius 2 is 1.82 bits per heavy atom. The van der Waals surface area contributed by atoms with Gasteiger partial charge in [0.1, 0.15) is 0 Å². The molecule has 0 N–H and O–H groups in total. The minimum absolute atomic E-state index is 0.0133. The summed E-state index contributed by atoms with van der Waals surface area (Å²) in [6, 6.07) is 14.6. The van der Waals surface area contributed by atoms with Gasteiger partial charge in [-0.3, -0.25) is 4.79 Å². The Bertz CT molecular complexity index is 962. The number of carbonyl (C=O) groups is 1. The third kappa shape index (κ3) is 4.95. The molecule has 6 heteroatoms. The van der Waals surface area contributed by atoms with Crippen LogP contribution < -0.4 is 0 Å². The normalized spacial score (nSPS) is 18.8. The van der Waals surface area contributed by atoms with Crippen LogP contribution >= 0.6 is 11.6 Å². The lowest BCUT2D eigenvalue weighted by molar-refractivity contribution is 0.0681. The number of sulfone groups is 1. The first kappa shape index (κ1) is 20.9. The van der Waals surface area contributed by atoms with E-state index in [0.29, 0.717) is 23.6 Å². The van der Waals surface area contributed by atoms with Gasteiger partial charge in [-0.2, -0.15) is 0 Å². The zero-order chi connectivity index (χ0) is 20.5. The predicted molar refractivity (Wildman–Crippen MR) is 114 cm³/mol. The molecule has 0 radical (unpaired) electrons. The molecule has 0 aromatic heterocycles. The van der Waals surface area contributed by atoms with Crippen LogP contribution in [0, 0.1) is 0 Å². The molecule has 1 fully saturated rings. The van der Waals surface area contributed by atoms with E-state index in [4.69, 9.17) is 11.6 Å². The molecule has 0 spiro atoms. The van der Waals surface area contributed by atoms with E-state index in [9.17, 15) is 13.2 Å². The summed E-state index contributed by atoms with van der Waals surface area (Å²) in [5.41, 5.74) is 2.72. The zero-order valence-electron chi connectivity index (χ0n) is 16.5. The van der Waals surface area contributed by atoms with E-state index in [2.05, 4.69) is 32.9 Å². The molecule has 0 saturated carbocycles. The second-order valence-corrected chi connectivity index (χ2v) is 11.1. The van der Waals surface area contributed by atoms with Crippen LogP contribution in [0.15, 0.2) is 48.5 Å². The number of benzene rings is 2. The maximum absolute atomic E-state index is 13.2. The van der Waals surface area contributed by atoms with Crippen LogP contribution in [0.1, 0.15) is 48.7 Å². The number of rotatable bonds is 4. The molecular weight excluding hydrogens is 394 g/mol.